The van der Waals surface area contributed by atoms with Crippen LogP contribution in [0.1, 0.15) is 46.8 Å². The molecule has 0 saturated heterocycles. The first kappa shape index (κ1) is 19.8. The molecule has 0 radical (unpaired) electrons. The summed E-state index contributed by atoms with van der Waals surface area (Å²) in [5.41, 5.74) is 5.16. The molecule has 1 heterocycles. The summed E-state index contributed by atoms with van der Waals surface area (Å²) in [5, 5.41) is 7.26. The van der Waals surface area contributed by atoms with E-state index in [4.69, 9.17) is 16.7 Å². The number of rotatable bonds is 3. The first-order valence-corrected chi connectivity index (χ1v) is 11.1. The molecule has 5 rings (SSSR count). The lowest BCUT2D eigenvalue weighted by Gasteiger charge is -2.29. The second kappa shape index (κ2) is 8.52. The van der Waals surface area contributed by atoms with Crippen LogP contribution >= 0.6 is 11.6 Å². The van der Waals surface area contributed by atoms with Gasteiger partial charge in [-0.2, -0.15) is 5.10 Å². The number of fused-ring (bicyclic) bond motifs is 1. The van der Waals surface area contributed by atoms with E-state index < -0.39 is 0 Å². The maximum atomic E-state index is 13.5. The van der Waals surface area contributed by atoms with Gasteiger partial charge in [-0.1, -0.05) is 72.3 Å². The molecule has 4 heteroatoms. The van der Waals surface area contributed by atoms with E-state index in [1.165, 1.54) is 11.1 Å². The zero-order valence-electron chi connectivity index (χ0n) is 17.1. The van der Waals surface area contributed by atoms with Crippen LogP contribution in [0.5, 0.6) is 0 Å². The molecular formula is C27H23ClN2O. The molecule has 3 nitrogen and oxygen atoms in total. The van der Waals surface area contributed by atoms with Crippen LogP contribution in [0.2, 0.25) is 5.02 Å². The van der Waals surface area contributed by atoms with Crippen molar-refractivity contribution < 1.29 is 4.79 Å². The summed E-state index contributed by atoms with van der Waals surface area (Å²) < 4.78 is 0. The number of nitrogens with zero attached hydrogens (tertiary/aromatic N) is 2. The summed E-state index contributed by atoms with van der Waals surface area (Å²) >= 11 is 6.04. The fraction of sp³-hybridized carbons (Fsp3) is 0.185. The van der Waals surface area contributed by atoms with Crippen molar-refractivity contribution in [2.75, 3.05) is 0 Å². The predicted molar refractivity (Wildman–Crippen MR) is 126 cm³/mol. The Morgan fingerprint density at radius 3 is 2.32 bits per heavy atom. The van der Waals surface area contributed by atoms with E-state index in [1.54, 1.807) is 29.3 Å². The van der Waals surface area contributed by atoms with Crippen LogP contribution in [-0.2, 0) is 0 Å². The summed E-state index contributed by atoms with van der Waals surface area (Å²) in [4.78, 5) is 13.5. The lowest BCUT2D eigenvalue weighted by molar-refractivity contribution is 0.0681. The highest BCUT2D eigenvalue weighted by Crippen LogP contribution is 2.44. The first-order valence-electron chi connectivity index (χ1n) is 10.7. The Balaban J connectivity index is 1.57. The fourth-order valence-electron chi connectivity index (χ4n) is 4.63. The van der Waals surface area contributed by atoms with Gasteiger partial charge in [-0.05, 0) is 66.3 Å². The Morgan fingerprint density at radius 1 is 0.935 bits per heavy atom. The number of allylic oxidation sites excluding steroid dienone is 1. The van der Waals surface area contributed by atoms with Crippen molar-refractivity contribution in [3.8, 4) is 0 Å². The van der Waals surface area contributed by atoms with E-state index in [-0.39, 0.29) is 17.9 Å². The van der Waals surface area contributed by atoms with Gasteiger partial charge in [0.2, 0.25) is 0 Å². The molecule has 2 atom stereocenters. The summed E-state index contributed by atoms with van der Waals surface area (Å²) in [6, 6.07) is 27.6. The number of benzene rings is 3. The highest BCUT2D eigenvalue weighted by molar-refractivity contribution is 6.30. The first-order chi connectivity index (χ1) is 15.2. The smallest absolute Gasteiger partial charge is 0.267 e. The van der Waals surface area contributed by atoms with Crippen LogP contribution in [-0.4, -0.2) is 16.6 Å². The number of hydrogen-bond acceptors (Lipinski definition) is 2. The zero-order valence-corrected chi connectivity index (χ0v) is 17.9. The largest absolute Gasteiger partial charge is 0.274 e. The van der Waals surface area contributed by atoms with Crippen molar-refractivity contribution in [2.45, 2.75) is 25.3 Å². The van der Waals surface area contributed by atoms with Gasteiger partial charge >= 0.3 is 0 Å². The van der Waals surface area contributed by atoms with Gasteiger partial charge in [-0.15, -0.1) is 0 Å². The summed E-state index contributed by atoms with van der Waals surface area (Å²) in [7, 11) is 0. The molecule has 1 aliphatic heterocycles. The minimum absolute atomic E-state index is 0.0912. The van der Waals surface area contributed by atoms with Crippen molar-refractivity contribution in [3.05, 3.63) is 112 Å². The third-order valence-corrected chi connectivity index (χ3v) is 6.33. The molecule has 3 aromatic rings. The molecule has 2 unspecified atom stereocenters. The molecule has 0 N–H and O–H groups in total. The molecule has 1 saturated carbocycles. The Bertz CT molecular complexity index is 1140. The molecule has 31 heavy (non-hydrogen) atoms. The Labute approximate surface area is 187 Å². The summed E-state index contributed by atoms with van der Waals surface area (Å²) in [6.45, 7) is 0. The van der Waals surface area contributed by atoms with Crippen molar-refractivity contribution >= 4 is 29.3 Å². The van der Waals surface area contributed by atoms with Crippen LogP contribution in [0, 0.1) is 5.92 Å². The maximum Gasteiger partial charge on any atom is 0.274 e. The van der Waals surface area contributed by atoms with Gasteiger partial charge in [0.05, 0.1) is 11.8 Å². The zero-order chi connectivity index (χ0) is 21.2. The second-order valence-electron chi connectivity index (χ2n) is 8.08. The molecule has 3 aromatic carbocycles. The van der Waals surface area contributed by atoms with Gasteiger partial charge in [-0.3, -0.25) is 4.79 Å². The predicted octanol–water partition coefficient (Wildman–Crippen LogP) is 6.78. The maximum absolute atomic E-state index is 13.5. The average molecular weight is 427 g/mol. The van der Waals surface area contributed by atoms with E-state index in [0.717, 1.165) is 30.5 Å². The topological polar surface area (TPSA) is 32.7 Å². The Hall–Kier alpha value is -3.17. The van der Waals surface area contributed by atoms with E-state index in [0.29, 0.717) is 10.6 Å². The number of hydrazone groups is 1. The molecule has 2 aliphatic rings. The number of halogens is 1. The monoisotopic (exact) mass is 426 g/mol. The lowest BCUT2D eigenvalue weighted by Crippen LogP contribution is -2.31. The third kappa shape index (κ3) is 3.94. The average Bonchev–Trinajstić information content (AvgIpc) is 3.21. The van der Waals surface area contributed by atoms with Crippen molar-refractivity contribution in [3.63, 3.8) is 0 Å². The molecule has 1 amide bonds. The van der Waals surface area contributed by atoms with Gasteiger partial charge in [0.15, 0.2) is 0 Å². The van der Waals surface area contributed by atoms with E-state index >= 15 is 0 Å². The second-order valence-corrected chi connectivity index (χ2v) is 8.51. The molecule has 0 spiro atoms. The standard InChI is InChI=1S/C27H23ClN2O/c28-23-16-14-21(15-17-23)27(31)30-26(20-10-5-2-6-11-20)24-13-7-12-22(25(24)29-30)18-19-8-3-1-4-9-19/h1-6,8-11,14-18,24,26H,7,12-13H2. The van der Waals surface area contributed by atoms with Gasteiger partial charge in [0.1, 0.15) is 0 Å². The normalized spacial score (nSPS) is 21.6. The van der Waals surface area contributed by atoms with Crippen LogP contribution in [0.4, 0.5) is 0 Å². The highest BCUT2D eigenvalue weighted by atomic mass is 35.5. The number of carbonyl (C=O) groups excluding carboxylic acids is 1. The quantitative estimate of drug-likeness (QED) is 0.454. The van der Waals surface area contributed by atoms with E-state index in [1.807, 2.05) is 36.4 Å². The third-order valence-electron chi connectivity index (χ3n) is 6.08. The van der Waals surface area contributed by atoms with E-state index in [2.05, 4.69) is 30.3 Å². The number of hydrogen-bond donors (Lipinski definition) is 0. The minimum atomic E-state index is -0.0983. The molecule has 154 valence electrons. The van der Waals surface area contributed by atoms with Gasteiger partial charge in [-0.25, -0.2) is 5.01 Å². The van der Waals surface area contributed by atoms with Crippen LogP contribution in [0.3, 0.4) is 0 Å². The number of carbonyl (C=O) groups is 1. The van der Waals surface area contributed by atoms with Crippen LogP contribution < -0.4 is 0 Å². The molecule has 0 aromatic heterocycles. The van der Waals surface area contributed by atoms with Crippen molar-refractivity contribution in [1.82, 2.24) is 5.01 Å². The van der Waals surface area contributed by atoms with Gasteiger partial charge < -0.3 is 0 Å². The van der Waals surface area contributed by atoms with Crippen molar-refractivity contribution in [1.29, 1.82) is 0 Å². The van der Waals surface area contributed by atoms with E-state index in [9.17, 15) is 4.79 Å². The molecule has 0 bridgehead atoms. The number of amides is 1. The summed E-state index contributed by atoms with van der Waals surface area (Å²) in [6.07, 6.45) is 5.32. The molecular weight excluding hydrogens is 404 g/mol. The molecule has 1 fully saturated rings. The lowest BCUT2D eigenvalue weighted by atomic mass is 9.77. The SMILES string of the molecule is O=C(c1ccc(Cl)cc1)N1N=C2C(=Cc3ccccc3)CCCC2C1c1ccccc1. The Morgan fingerprint density at radius 2 is 1.61 bits per heavy atom. The summed E-state index contributed by atoms with van der Waals surface area (Å²) in [5.74, 6) is 0.105. The van der Waals surface area contributed by atoms with Gasteiger partial charge in [0, 0.05) is 16.5 Å². The minimum Gasteiger partial charge on any atom is -0.267 e. The molecule has 1 aliphatic carbocycles. The van der Waals surface area contributed by atoms with Crippen LogP contribution in [0.25, 0.3) is 6.08 Å². The fourth-order valence-corrected chi connectivity index (χ4v) is 4.75. The van der Waals surface area contributed by atoms with Crippen LogP contribution in [0.15, 0.2) is 95.6 Å². The van der Waals surface area contributed by atoms with Crippen molar-refractivity contribution in [2.24, 2.45) is 11.0 Å². The highest BCUT2D eigenvalue weighted by Gasteiger charge is 2.43. The Kier molecular flexibility index (Phi) is 5.44. The van der Waals surface area contributed by atoms with Gasteiger partial charge in [0.25, 0.3) is 5.91 Å².